The largest absolute Gasteiger partial charge is 0.392 e. The first kappa shape index (κ1) is 11.6. The Morgan fingerprint density at radius 3 is 2.53 bits per heavy atom. The van der Waals surface area contributed by atoms with Crippen molar-refractivity contribution in [2.75, 3.05) is 6.61 Å². The van der Waals surface area contributed by atoms with Crippen molar-refractivity contribution < 1.29 is 5.11 Å². The molecule has 0 radical (unpaired) electrons. The molecule has 1 nitrogen and oxygen atoms in total. The second-order valence-corrected chi connectivity index (χ2v) is 3.85. The van der Waals surface area contributed by atoms with Crippen molar-refractivity contribution in [1.29, 1.82) is 0 Å². The van der Waals surface area contributed by atoms with Crippen molar-refractivity contribution >= 4 is 0 Å². The lowest BCUT2D eigenvalue weighted by Crippen LogP contribution is -2.13. The van der Waals surface area contributed by atoms with Gasteiger partial charge in [0.25, 0.3) is 0 Å². The van der Waals surface area contributed by atoms with E-state index in [0.29, 0.717) is 0 Å². The fourth-order valence-electron chi connectivity index (χ4n) is 1.26. The Labute approximate surface area is 91.5 Å². The molecule has 1 rings (SSSR count). The highest BCUT2D eigenvalue weighted by Crippen LogP contribution is 2.21. The normalized spacial score (nSPS) is 11.1. The molecule has 0 aromatic heterocycles. The van der Waals surface area contributed by atoms with Gasteiger partial charge in [0.2, 0.25) is 0 Å². The maximum Gasteiger partial charge on any atom is 0.0621 e. The summed E-state index contributed by atoms with van der Waals surface area (Å²) in [5.41, 5.74) is 1.05. The van der Waals surface area contributed by atoms with E-state index in [1.807, 2.05) is 18.2 Å². The van der Waals surface area contributed by atoms with Gasteiger partial charge in [-0.25, -0.2) is 0 Å². The first-order valence-corrected chi connectivity index (χ1v) is 5.01. The Morgan fingerprint density at radius 2 is 1.93 bits per heavy atom. The molecule has 0 aliphatic heterocycles. The zero-order valence-corrected chi connectivity index (χ0v) is 9.20. The van der Waals surface area contributed by atoms with Gasteiger partial charge < -0.3 is 5.11 Å². The van der Waals surface area contributed by atoms with E-state index in [1.165, 1.54) is 5.56 Å². The SMILES string of the molecule is CC(C)(C#CC=CCO)c1ccccc1. The van der Waals surface area contributed by atoms with E-state index in [9.17, 15) is 0 Å². The van der Waals surface area contributed by atoms with Crippen molar-refractivity contribution in [2.24, 2.45) is 0 Å². The lowest BCUT2D eigenvalue weighted by Gasteiger charge is -2.17. The van der Waals surface area contributed by atoms with Crippen molar-refractivity contribution in [3.8, 4) is 11.8 Å². The van der Waals surface area contributed by atoms with Crippen LogP contribution in [-0.2, 0) is 5.41 Å². The number of hydrogen-bond acceptors (Lipinski definition) is 1. The number of allylic oxidation sites excluding steroid dienone is 1. The lowest BCUT2D eigenvalue weighted by molar-refractivity contribution is 0.343. The topological polar surface area (TPSA) is 20.2 Å². The molecule has 0 amide bonds. The zero-order valence-electron chi connectivity index (χ0n) is 9.20. The average molecular weight is 200 g/mol. The van der Waals surface area contributed by atoms with Gasteiger partial charge in [-0.15, -0.1) is 0 Å². The van der Waals surface area contributed by atoms with Crippen LogP contribution in [0.15, 0.2) is 42.5 Å². The Morgan fingerprint density at radius 1 is 1.27 bits per heavy atom. The van der Waals surface area contributed by atoms with E-state index >= 15 is 0 Å². The summed E-state index contributed by atoms with van der Waals surface area (Å²) in [6.45, 7) is 4.21. The van der Waals surface area contributed by atoms with E-state index in [2.05, 4.69) is 37.8 Å². The van der Waals surface area contributed by atoms with E-state index < -0.39 is 0 Å². The average Bonchev–Trinajstić information content (AvgIpc) is 2.26. The molecule has 0 bridgehead atoms. The Bertz CT molecular complexity index is 377. The van der Waals surface area contributed by atoms with E-state index in [0.717, 1.165) is 0 Å². The van der Waals surface area contributed by atoms with Crippen molar-refractivity contribution in [2.45, 2.75) is 19.3 Å². The number of aliphatic hydroxyl groups is 1. The van der Waals surface area contributed by atoms with Gasteiger partial charge in [0.05, 0.1) is 12.0 Å². The molecule has 0 aliphatic rings. The number of aliphatic hydroxyl groups excluding tert-OH is 1. The quantitative estimate of drug-likeness (QED) is 0.727. The molecule has 1 aromatic carbocycles. The van der Waals surface area contributed by atoms with Crippen molar-refractivity contribution in [1.82, 2.24) is 0 Å². The summed E-state index contributed by atoms with van der Waals surface area (Å²) in [6.07, 6.45) is 3.32. The summed E-state index contributed by atoms with van der Waals surface area (Å²) >= 11 is 0. The Kier molecular flexibility index (Phi) is 4.15. The first-order valence-electron chi connectivity index (χ1n) is 5.01. The second-order valence-electron chi connectivity index (χ2n) is 3.85. The van der Waals surface area contributed by atoms with Gasteiger partial charge in [-0.1, -0.05) is 48.2 Å². The molecule has 0 unspecified atom stereocenters. The maximum atomic E-state index is 8.56. The summed E-state index contributed by atoms with van der Waals surface area (Å²) in [6, 6.07) is 10.2. The highest BCUT2D eigenvalue weighted by atomic mass is 16.2. The minimum Gasteiger partial charge on any atom is -0.392 e. The summed E-state index contributed by atoms with van der Waals surface area (Å²) in [5.74, 6) is 6.10. The van der Waals surface area contributed by atoms with Crippen LogP contribution in [0.2, 0.25) is 0 Å². The van der Waals surface area contributed by atoms with Gasteiger partial charge in [-0.05, 0) is 25.5 Å². The van der Waals surface area contributed by atoms with Gasteiger partial charge in [-0.3, -0.25) is 0 Å². The molecule has 0 aliphatic carbocycles. The second kappa shape index (κ2) is 5.38. The van der Waals surface area contributed by atoms with Crippen LogP contribution in [0.4, 0.5) is 0 Å². The molecular weight excluding hydrogens is 184 g/mol. The minimum atomic E-state index is -0.152. The highest BCUT2D eigenvalue weighted by Gasteiger charge is 2.15. The van der Waals surface area contributed by atoms with Crippen molar-refractivity contribution in [3.05, 3.63) is 48.0 Å². The van der Waals surface area contributed by atoms with Gasteiger partial charge >= 0.3 is 0 Å². The highest BCUT2D eigenvalue weighted by molar-refractivity contribution is 5.35. The number of benzene rings is 1. The Hall–Kier alpha value is -1.52. The van der Waals surface area contributed by atoms with Gasteiger partial charge in [0.15, 0.2) is 0 Å². The van der Waals surface area contributed by atoms with Crippen molar-refractivity contribution in [3.63, 3.8) is 0 Å². The molecule has 78 valence electrons. The smallest absolute Gasteiger partial charge is 0.0621 e. The minimum absolute atomic E-state index is 0.0421. The molecule has 0 atom stereocenters. The summed E-state index contributed by atoms with van der Waals surface area (Å²) in [5, 5.41) is 8.56. The van der Waals surface area contributed by atoms with Crippen LogP contribution >= 0.6 is 0 Å². The van der Waals surface area contributed by atoms with Crippen LogP contribution in [0, 0.1) is 11.8 Å². The third-order valence-electron chi connectivity index (χ3n) is 2.19. The predicted molar refractivity (Wildman–Crippen MR) is 63.5 cm³/mol. The van der Waals surface area contributed by atoms with Gasteiger partial charge in [0.1, 0.15) is 0 Å². The summed E-state index contributed by atoms with van der Waals surface area (Å²) in [4.78, 5) is 0. The number of hydrogen-bond donors (Lipinski definition) is 1. The fourth-order valence-corrected chi connectivity index (χ4v) is 1.26. The van der Waals surface area contributed by atoms with E-state index in [-0.39, 0.29) is 12.0 Å². The first-order chi connectivity index (χ1) is 7.17. The maximum absolute atomic E-state index is 8.56. The van der Waals surface area contributed by atoms with Crippen LogP contribution in [0.5, 0.6) is 0 Å². The molecule has 1 aromatic rings. The molecule has 0 fully saturated rings. The lowest BCUT2D eigenvalue weighted by atomic mass is 9.85. The molecule has 15 heavy (non-hydrogen) atoms. The summed E-state index contributed by atoms with van der Waals surface area (Å²) < 4.78 is 0. The molecule has 0 saturated carbocycles. The zero-order chi connectivity index (χ0) is 11.1. The molecule has 1 heteroatoms. The monoisotopic (exact) mass is 200 g/mol. The standard InChI is InChI=1S/C14H16O/c1-14(2,11-7-4-8-12-15)13-9-5-3-6-10-13/h3-6,8-10,15H,12H2,1-2H3. The summed E-state index contributed by atoms with van der Waals surface area (Å²) in [7, 11) is 0. The third kappa shape index (κ3) is 3.61. The molecule has 1 N–H and O–H groups in total. The van der Waals surface area contributed by atoms with Crippen LogP contribution in [-0.4, -0.2) is 11.7 Å². The molecule has 0 heterocycles. The fraction of sp³-hybridized carbons (Fsp3) is 0.286. The van der Waals surface area contributed by atoms with Crippen LogP contribution in [0.3, 0.4) is 0 Å². The van der Waals surface area contributed by atoms with Crippen LogP contribution in [0.1, 0.15) is 19.4 Å². The predicted octanol–water partition coefficient (Wildman–Crippen LogP) is 2.52. The number of rotatable bonds is 2. The molecule has 0 spiro atoms. The molecule has 0 saturated heterocycles. The van der Waals surface area contributed by atoms with Crippen LogP contribution in [0.25, 0.3) is 0 Å². The van der Waals surface area contributed by atoms with E-state index in [1.54, 1.807) is 12.2 Å². The molecular formula is C14H16O. The van der Waals surface area contributed by atoms with Gasteiger partial charge in [0, 0.05) is 0 Å². The Balaban J connectivity index is 2.83. The van der Waals surface area contributed by atoms with E-state index in [4.69, 9.17) is 5.11 Å². The van der Waals surface area contributed by atoms with Gasteiger partial charge in [-0.2, -0.15) is 0 Å². The third-order valence-corrected chi connectivity index (χ3v) is 2.19. The van der Waals surface area contributed by atoms with Crippen LogP contribution < -0.4 is 0 Å².